The van der Waals surface area contributed by atoms with Gasteiger partial charge in [0.25, 0.3) is 5.56 Å². The molecule has 0 saturated carbocycles. The summed E-state index contributed by atoms with van der Waals surface area (Å²) in [6.45, 7) is 0.483. The van der Waals surface area contributed by atoms with Gasteiger partial charge < -0.3 is 5.73 Å². The van der Waals surface area contributed by atoms with Crippen molar-refractivity contribution >= 4 is 5.82 Å². The number of benzene rings is 2. The Morgan fingerprint density at radius 1 is 0.950 bits per heavy atom. The number of hydrogen-bond donors (Lipinski definition) is 2. The van der Waals surface area contributed by atoms with Crippen LogP contribution in [0.3, 0.4) is 0 Å². The van der Waals surface area contributed by atoms with Crippen molar-refractivity contribution in [2.45, 2.75) is 6.54 Å². The summed E-state index contributed by atoms with van der Waals surface area (Å²) in [4.78, 5) is 11.7. The highest BCUT2D eigenvalue weighted by Gasteiger charge is 2.03. The summed E-state index contributed by atoms with van der Waals surface area (Å²) in [5.74, 6) is 0.384. The monoisotopic (exact) mass is 265 g/mol. The molecule has 0 amide bonds. The van der Waals surface area contributed by atoms with Crippen molar-refractivity contribution in [3.8, 4) is 11.1 Å². The third kappa shape index (κ3) is 2.49. The Kier molecular flexibility index (Phi) is 3.13. The van der Waals surface area contributed by atoms with Crippen LogP contribution in [-0.2, 0) is 6.54 Å². The Hall–Kier alpha value is -2.75. The Balaban J connectivity index is 1.92. The molecule has 0 aliphatic rings. The number of hydrogen-bond acceptors (Lipinski definition) is 2. The quantitative estimate of drug-likeness (QED) is 0.764. The van der Waals surface area contributed by atoms with Gasteiger partial charge in [0.15, 0.2) is 0 Å². The minimum Gasteiger partial charge on any atom is -0.384 e. The first-order valence-electron chi connectivity index (χ1n) is 6.42. The summed E-state index contributed by atoms with van der Waals surface area (Å²) >= 11 is 0. The van der Waals surface area contributed by atoms with E-state index >= 15 is 0 Å². The molecule has 100 valence electrons. The third-order valence-electron chi connectivity index (χ3n) is 3.18. The maximum Gasteiger partial charge on any atom is 0.268 e. The van der Waals surface area contributed by atoms with Crippen LogP contribution in [0, 0.1) is 0 Å². The number of rotatable bonds is 3. The molecule has 0 radical (unpaired) electrons. The van der Waals surface area contributed by atoms with E-state index in [0.29, 0.717) is 12.4 Å². The summed E-state index contributed by atoms with van der Waals surface area (Å²) in [7, 11) is 0. The molecule has 0 atom stereocenters. The lowest BCUT2D eigenvalue weighted by Gasteiger charge is -2.06. The average molecular weight is 265 g/mol. The minimum absolute atomic E-state index is 0.118. The molecule has 1 aromatic heterocycles. The van der Waals surface area contributed by atoms with E-state index in [1.54, 1.807) is 0 Å². The molecule has 4 heteroatoms. The maximum absolute atomic E-state index is 11.7. The van der Waals surface area contributed by atoms with Crippen LogP contribution < -0.4 is 11.3 Å². The average Bonchev–Trinajstić information content (AvgIpc) is 2.78. The van der Waals surface area contributed by atoms with Crippen molar-refractivity contribution in [2.75, 3.05) is 5.73 Å². The highest BCUT2D eigenvalue weighted by Crippen LogP contribution is 2.20. The highest BCUT2D eigenvalue weighted by atomic mass is 16.1. The highest BCUT2D eigenvalue weighted by molar-refractivity contribution is 5.63. The number of nitrogens with one attached hydrogen (secondary N) is 1. The lowest BCUT2D eigenvalue weighted by Crippen LogP contribution is -2.16. The summed E-state index contributed by atoms with van der Waals surface area (Å²) in [5.41, 5.74) is 8.81. The first-order chi connectivity index (χ1) is 9.72. The van der Waals surface area contributed by atoms with Crippen molar-refractivity contribution < 1.29 is 0 Å². The Labute approximate surface area is 116 Å². The molecular weight excluding hydrogens is 250 g/mol. The number of nitrogens with zero attached hydrogens (tertiary/aromatic N) is 1. The Bertz CT molecular complexity index is 772. The van der Waals surface area contributed by atoms with Crippen LogP contribution in [0.25, 0.3) is 11.1 Å². The summed E-state index contributed by atoms with van der Waals surface area (Å²) in [6, 6.07) is 19.7. The fraction of sp³-hybridized carbons (Fsp3) is 0.0625. The van der Waals surface area contributed by atoms with Gasteiger partial charge >= 0.3 is 0 Å². The molecule has 3 rings (SSSR count). The van der Waals surface area contributed by atoms with Crippen molar-refractivity contribution in [3.63, 3.8) is 0 Å². The first-order valence-corrected chi connectivity index (χ1v) is 6.42. The van der Waals surface area contributed by atoms with Crippen LogP contribution >= 0.6 is 0 Å². The lowest BCUT2D eigenvalue weighted by molar-refractivity contribution is 0.667. The first kappa shape index (κ1) is 12.3. The van der Waals surface area contributed by atoms with Crippen LogP contribution in [0.1, 0.15) is 5.56 Å². The Morgan fingerprint density at radius 2 is 1.70 bits per heavy atom. The molecule has 0 saturated heterocycles. The maximum atomic E-state index is 11.7. The van der Waals surface area contributed by atoms with Crippen LogP contribution in [0.5, 0.6) is 0 Å². The van der Waals surface area contributed by atoms with Crippen molar-refractivity contribution in [1.82, 2.24) is 9.78 Å². The molecule has 0 aliphatic heterocycles. The van der Waals surface area contributed by atoms with Gasteiger partial charge in [0, 0.05) is 6.07 Å². The predicted molar refractivity (Wildman–Crippen MR) is 80.4 cm³/mol. The van der Waals surface area contributed by atoms with E-state index in [0.717, 1.165) is 16.7 Å². The van der Waals surface area contributed by atoms with Crippen molar-refractivity contribution in [2.24, 2.45) is 0 Å². The van der Waals surface area contributed by atoms with E-state index in [9.17, 15) is 4.79 Å². The van der Waals surface area contributed by atoms with Gasteiger partial charge in [-0.1, -0.05) is 48.5 Å². The van der Waals surface area contributed by atoms with Gasteiger partial charge in [-0.15, -0.1) is 0 Å². The molecule has 3 aromatic rings. The predicted octanol–water partition coefficient (Wildman–Crippen LogP) is 2.47. The van der Waals surface area contributed by atoms with Crippen molar-refractivity contribution in [3.05, 3.63) is 76.6 Å². The zero-order valence-electron chi connectivity index (χ0n) is 10.9. The van der Waals surface area contributed by atoms with E-state index in [-0.39, 0.29) is 5.56 Å². The Morgan fingerprint density at radius 3 is 2.40 bits per heavy atom. The van der Waals surface area contributed by atoms with Crippen LogP contribution in [0.15, 0.2) is 65.5 Å². The zero-order valence-corrected chi connectivity index (χ0v) is 10.9. The smallest absolute Gasteiger partial charge is 0.268 e. The van der Waals surface area contributed by atoms with E-state index in [1.165, 1.54) is 10.7 Å². The largest absolute Gasteiger partial charge is 0.384 e. The standard InChI is InChI=1S/C16H15N3O/c17-15-10-16(20)19(18-15)11-12-5-4-8-14(9-12)13-6-2-1-3-7-13/h1-10,18H,11,17H2. The second-order valence-electron chi connectivity index (χ2n) is 4.70. The molecule has 4 nitrogen and oxygen atoms in total. The molecule has 20 heavy (non-hydrogen) atoms. The second-order valence-corrected chi connectivity index (χ2v) is 4.70. The molecule has 3 N–H and O–H groups in total. The fourth-order valence-corrected chi connectivity index (χ4v) is 2.23. The van der Waals surface area contributed by atoms with E-state index < -0.39 is 0 Å². The van der Waals surface area contributed by atoms with Gasteiger partial charge in [-0.05, 0) is 22.8 Å². The summed E-state index contributed by atoms with van der Waals surface area (Å²) < 4.78 is 1.50. The van der Waals surface area contributed by atoms with Crippen LogP contribution in [-0.4, -0.2) is 9.78 Å². The number of aromatic nitrogens is 2. The molecule has 2 aromatic carbocycles. The van der Waals surface area contributed by atoms with Crippen LogP contribution in [0.2, 0.25) is 0 Å². The van der Waals surface area contributed by atoms with E-state index in [4.69, 9.17) is 5.73 Å². The van der Waals surface area contributed by atoms with Gasteiger partial charge in [-0.2, -0.15) is 0 Å². The van der Waals surface area contributed by atoms with Crippen LogP contribution in [0.4, 0.5) is 5.82 Å². The number of anilines is 1. The lowest BCUT2D eigenvalue weighted by atomic mass is 10.0. The molecule has 0 aliphatic carbocycles. The SMILES string of the molecule is Nc1cc(=O)n(Cc2cccc(-c3ccccc3)c2)[nH]1. The van der Waals surface area contributed by atoms with Gasteiger partial charge in [-0.3, -0.25) is 9.89 Å². The normalized spacial score (nSPS) is 10.6. The number of nitrogens with two attached hydrogens (primary N) is 1. The second kappa shape index (κ2) is 5.09. The topological polar surface area (TPSA) is 63.8 Å². The number of H-pyrrole nitrogens is 1. The number of aromatic amines is 1. The van der Waals surface area contributed by atoms with Gasteiger partial charge in [0.1, 0.15) is 5.82 Å². The molecular formula is C16H15N3O. The molecule has 0 fully saturated rings. The van der Waals surface area contributed by atoms with Gasteiger partial charge in [-0.25, -0.2) is 4.68 Å². The van der Waals surface area contributed by atoms with E-state index in [2.05, 4.69) is 29.4 Å². The number of nitrogen functional groups attached to an aromatic ring is 1. The van der Waals surface area contributed by atoms with Crippen molar-refractivity contribution in [1.29, 1.82) is 0 Å². The van der Waals surface area contributed by atoms with E-state index in [1.807, 2.05) is 30.3 Å². The molecule has 0 spiro atoms. The third-order valence-corrected chi connectivity index (χ3v) is 3.18. The molecule has 0 bridgehead atoms. The fourth-order valence-electron chi connectivity index (χ4n) is 2.23. The zero-order chi connectivity index (χ0) is 13.9. The molecule has 1 heterocycles. The van der Waals surface area contributed by atoms with Gasteiger partial charge in [0.2, 0.25) is 0 Å². The minimum atomic E-state index is -0.118. The summed E-state index contributed by atoms with van der Waals surface area (Å²) in [5, 5.41) is 2.83. The van der Waals surface area contributed by atoms with Gasteiger partial charge in [0.05, 0.1) is 6.54 Å². The molecule has 0 unspecified atom stereocenters. The summed E-state index contributed by atoms with van der Waals surface area (Å²) in [6.07, 6.45) is 0.